The zero-order chi connectivity index (χ0) is 18.6. The molecule has 0 radical (unpaired) electrons. The molecule has 9 heteroatoms. The van der Waals surface area contributed by atoms with Crippen LogP contribution in [0.15, 0.2) is 39.9 Å². The van der Waals surface area contributed by atoms with Crippen molar-refractivity contribution < 1.29 is 22.7 Å². The van der Waals surface area contributed by atoms with Crippen molar-refractivity contribution in [2.75, 3.05) is 13.3 Å². The van der Waals surface area contributed by atoms with Crippen molar-refractivity contribution in [2.24, 2.45) is 5.92 Å². The molecule has 3 heterocycles. The number of thiophene rings is 1. The summed E-state index contributed by atoms with van der Waals surface area (Å²) in [6.45, 7) is 0.739. The van der Waals surface area contributed by atoms with Gasteiger partial charge in [-0.1, -0.05) is 6.07 Å². The third kappa shape index (κ3) is 2.90. The van der Waals surface area contributed by atoms with Crippen LogP contribution in [0.1, 0.15) is 23.2 Å². The molecule has 3 aliphatic rings. The zero-order valence-corrected chi connectivity index (χ0v) is 16.0. The zero-order valence-electron chi connectivity index (χ0n) is 14.3. The molecule has 2 bridgehead atoms. The molecule has 1 aromatic heterocycles. The van der Waals surface area contributed by atoms with E-state index in [1.165, 1.54) is 11.3 Å². The van der Waals surface area contributed by atoms with E-state index in [-0.39, 0.29) is 30.7 Å². The molecule has 1 aromatic carbocycles. The van der Waals surface area contributed by atoms with Crippen LogP contribution in [0.2, 0.25) is 0 Å². The number of nitrogens with zero attached hydrogens (tertiary/aromatic N) is 1. The van der Waals surface area contributed by atoms with Gasteiger partial charge in [-0.25, -0.2) is 13.1 Å². The van der Waals surface area contributed by atoms with Gasteiger partial charge in [0.2, 0.25) is 16.8 Å². The number of piperidine rings is 1. The van der Waals surface area contributed by atoms with Crippen LogP contribution in [-0.2, 0) is 10.0 Å². The van der Waals surface area contributed by atoms with Crippen LogP contribution in [0.4, 0.5) is 0 Å². The number of hydrogen-bond donors (Lipinski definition) is 1. The average Bonchev–Trinajstić information content (AvgIpc) is 3.43. The number of likely N-dealkylation sites (tertiary alicyclic amines) is 1. The van der Waals surface area contributed by atoms with E-state index in [1.54, 1.807) is 35.7 Å². The van der Waals surface area contributed by atoms with Crippen molar-refractivity contribution in [2.45, 2.75) is 29.1 Å². The number of carbonyl (C=O) groups excluding carboxylic acids is 1. The van der Waals surface area contributed by atoms with Crippen molar-refractivity contribution >= 4 is 27.3 Å². The summed E-state index contributed by atoms with van der Waals surface area (Å²) in [6, 6.07) is 8.49. The fourth-order valence-corrected chi connectivity index (χ4v) is 6.54. The lowest BCUT2D eigenvalue weighted by atomic mass is 10.0. The first kappa shape index (κ1) is 17.0. The van der Waals surface area contributed by atoms with Gasteiger partial charge in [0, 0.05) is 24.2 Å². The number of nitrogens with one attached hydrogen (secondary N) is 1. The Hall–Kier alpha value is -2.10. The highest BCUT2D eigenvalue weighted by Crippen LogP contribution is 2.40. The quantitative estimate of drug-likeness (QED) is 0.840. The van der Waals surface area contributed by atoms with Crippen LogP contribution in [-0.4, -0.2) is 44.6 Å². The molecule has 3 atom stereocenters. The molecule has 1 saturated heterocycles. The van der Waals surface area contributed by atoms with Crippen molar-refractivity contribution in [3.05, 3.63) is 41.3 Å². The number of amides is 1. The van der Waals surface area contributed by atoms with E-state index >= 15 is 0 Å². The van der Waals surface area contributed by atoms with E-state index in [4.69, 9.17) is 9.47 Å². The van der Waals surface area contributed by atoms with E-state index in [0.29, 0.717) is 34.2 Å². The van der Waals surface area contributed by atoms with Crippen LogP contribution in [0.25, 0.3) is 0 Å². The van der Waals surface area contributed by atoms with E-state index in [1.807, 2.05) is 4.90 Å². The fourth-order valence-electron chi connectivity index (χ4n) is 4.22. The molecule has 2 aromatic rings. The first-order chi connectivity index (χ1) is 13.0. The Morgan fingerprint density at radius 1 is 1.19 bits per heavy atom. The number of fused-ring (bicyclic) bond motifs is 3. The number of benzene rings is 1. The van der Waals surface area contributed by atoms with E-state index in [9.17, 15) is 13.2 Å². The molecule has 0 unspecified atom stereocenters. The van der Waals surface area contributed by atoms with Gasteiger partial charge in [0.05, 0.1) is 0 Å². The molecule has 27 heavy (non-hydrogen) atoms. The molecule has 142 valence electrons. The predicted molar refractivity (Wildman–Crippen MR) is 98.5 cm³/mol. The topological polar surface area (TPSA) is 84.9 Å². The second-order valence-corrected chi connectivity index (χ2v) is 9.96. The van der Waals surface area contributed by atoms with E-state index < -0.39 is 10.0 Å². The number of rotatable bonds is 4. The minimum Gasteiger partial charge on any atom is -0.454 e. The Labute approximate surface area is 160 Å². The maximum absolute atomic E-state index is 12.9. The predicted octanol–water partition coefficient (Wildman–Crippen LogP) is 2.06. The smallest absolute Gasteiger partial charge is 0.254 e. The van der Waals surface area contributed by atoms with Crippen LogP contribution in [0.5, 0.6) is 11.5 Å². The van der Waals surface area contributed by atoms with Crippen LogP contribution in [0.3, 0.4) is 0 Å². The van der Waals surface area contributed by atoms with Crippen LogP contribution < -0.4 is 14.2 Å². The van der Waals surface area contributed by atoms with Gasteiger partial charge in [-0.3, -0.25) is 4.79 Å². The van der Waals surface area contributed by atoms with Gasteiger partial charge in [-0.15, -0.1) is 11.3 Å². The minimum absolute atomic E-state index is 0.0413. The second-order valence-electron chi connectivity index (χ2n) is 7.07. The van der Waals surface area contributed by atoms with Crippen LogP contribution >= 0.6 is 11.3 Å². The van der Waals surface area contributed by atoms with Gasteiger partial charge in [-0.05, 0) is 48.4 Å². The highest BCUT2D eigenvalue weighted by molar-refractivity contribution is 7.91. The van der Waals surface area contributed by atoms with Crippen molar-refractivity contribution in [1.29, 1.82) is 0 Å². The standard InChI is InChI=1S/C18H18N2O5S2/c21-18(11-3-4-15-16(7-11)25-10-24-15)20-9-12-6-13(20)8-14(12)19-27(22,23)17-2-1-5-26-17/h1-5,7,12-14,19H,6,8-10H2/t12-,13-,14-/m0/s1. The van der Waals surface area contributed by atoms with Gasteiger partial charge in [-0.2, -0.15) is 0 Å². The molecule has 5 rings (SSSR count). The van der Waals surface area contributed by atoms with Crippen molar-refractivity contribution in [1.82, 2.24) is 9.62 Å². The lowest BCUT2D eigenvalue weighted by molar-refractivity contribution is 0.0691. The Morgan fingerprint density at radius 3 is 2.78 bits per heavy atom. The monoisotopic (exact) mass is 406 g/mol. The molecule has 1 N–H and O–H groups in total. The summed E-state index contributed by atoms with van der Waals surface area (Å²) in [4.78, 5) is 14.8. The first-order valence-electron chi connectivity index (χ1n) is 8.78. The molecule has 0 spiro atoms. The van der Waals surface area contributed by atoms with Crippen molar-refractivity contribution in [3.8, 4) is 11.5 Å². The Morgan fingerprint density at radius 2 is 2.04 bits per heavy atom. The van der Waals surface area contributed by atoms with E-state index in [0.717, 1.165) is 6.42 Å². The SMILES string of the molecule is O=C(c1ccc2c(c1)OCO2)N1C[C@@H]2C[C@H]1C[C@@H]2NS(=O)(=O)c1cccs1. The van der Waals surface area contributed by atoms with Gasteiger partial charge < -0.3 is 14.4 Å². The summed E-state index contributed by atoms with van der Waals surface area (Å²) in [6.07, 6.45) is 1.47. The Kier molecular flexibility index (Phi) is 3.92. The minimum atomic E-state index is -3.48. The molecule has 2 aliphatic heterocycles. The summed E-state index contributed by atoms with van der Waals surface area (Å²) >= 11 is 1.21. The lowest BCUT2D eigenvalue weighted by Crippen LogP contribution is -2.47. The Balaban J connectivity index is 1.28. The van der Waals surface area contributed by atoms with Gasteiger partial charge in [0.15, 0.2) is 11.5 Å². The van der Waals surface area contributed by atoms with Gasteiger partial charge in [0.25, 0.3) is 5.91 Å². The second kappa shape index (κ2) is 6.22. The van der Waals surface area contributed by atoms with Gasteiger partial charge in [0.1, 0.15) is 4.21 Å². The third-order valence-corrected chi connectivity index (χ3v) is 8.38. The first-order valence-corrected chi connectivity index (χ1v) is 11.1. The van der Waals surface area contributed by atoms with E-state index in [2.05, 4.69) is 4.72 Å². The molecule has 1 amide bonds. The highest BCUT2D eigenvalue weighted by Gasteiger charge is 2.48. The Bertz CT molecular complexity index is 989. The van der Waals surface area contributed by atoms with Crippen LogP contribution in [0, 0.1) is 5.92 Å². The highest BCUT2D eigenvalue weighted by atomic mass is 32.2. The molecule has 1 aliphatic carbocycles. The number of ether oxygens (including phenoxy) is 2. The number of carbonyl (C=O) groups is 1. The largest absolute Gasteiger partial charge is 0.454 e. The summed E-state index contributed by atoms with van der Waals surface area (Å²) in [5.41, 5.74) is 0.572. The normalized spacial score (nSPS) is 25.9. The molecule has 2 fully saturated rings. The number of hydrogen-bond acceptors (Lipinski definition) is 6. The number of sulfonamides is 1. The lowest BCUT2D eigenvalue weighted by Gasteiger charge is -2.31. The maximum atomic E-state index is 12.9. The van der Waals surface area contributed by atoms with Gasteiger partial charge >= 0.3 is 0 Å². The summed E-state index contributed by atoms with van der Waals surface area (Å²) in [7, 11) is -3.48. The summed E-state index contributed by atoms with van der Waals surface area (Å²) in [5, 5.41) is 1.75. The molecular weight excluding hydrogens is 388 g/mol. The fraction of sp³-hybridized carbons (Fsp3) is 0.389. The molecular formula is C18H18N2O5S2. The molecule has 1 saturated carbocycles. The average molecular weight is 406 g/mol. The summed E-state index contributed by atoms with van der Waals surface area (Å²) in [5.74, 6) is 1.34. The molecule has 7 nitrogen and oxygen atoms in total. The third-order valence-electron chi connectivity index (χ3n) is 5.49. The summed E-state index contributed by atoms with van der Waals surface area (Å²) < 4.78 is 38.7. The maximum Gasteiger partial charge on any atom is 0.254 e. The van der Waals surface area contributed by atoms with Crippen molar-refractivity contribution in [3.63, 3.8) is 0 Å².